The highest BCUT2D eigenvalue weighted by Gasteiger charge is 2.11. The molecule has 8 nitrogen and oxygen atoms in total. The van der Waals surface area contributed by atoms with Crippen molar-refractivity contribution < 1.29 is 19.2 Å². The van der Waals surface area contributed by atoms with Gasteiger partial charge in [-0.15, -0.1) is 0 Å². The van der Waals surface area contributed by atoms with Crippen molar-refractivity contribution in [2.75, 3.05) is 7.11 Å². The maximum atomic E-state index is 12.2. The van der Waals surface area contributed by atoms with E-state index in [4.69, 9.17) is 21.1 Å². The second-order valence-electron chi connectivity index (χ2n) is 6.33. The van der Waals surface area contributed by atoms with Gasteiger partial charge in [0.15, 0.2) is 11.5 Å². The van der Waals surface area contributed by atoms with Crippen LogP contribution in [-0.2, 0) is 6.61 Å². The lowest BCUT2D eigenvalue weighted by molar-refractivity contribution is -0.384. The minimum absolute atomic E-state index is 0.132. The van der Waals surface area contributed by atoms with Gasteiger partial charge in [-0.1, -0.05) is 29.8 Å². The standard InChI is InChI=1S/C22H18ClN3O5/c1-30-20-10-7-16(11-21(20)31-14-15-5-8-18(23)9-6-15)13-24-25-22(27)17-3-2-4-19(12-17)26(28)29/h2-13H,14H2,1H3,(H,25,27). The summed E-state index contributed by atoms with van der Waals surface area (Å²) in [6.45, 7) is 0.317. The lowest BCUT2D eigenvalue weighted by Gasteiger charge is -2.11. The van der Waals surface area contributed by atoms with Crippen LogP contribution in [0.3, 0.4) is 0 Å². The second-order valence-corrected chi connectivity index (χ2v) is 6.77. The van der Waals surface area contributed by atoms with Gasteiger partial charge >= 0.3 is 0 Å². The molecule has 0 fully saturated rings. The molecule has 0 bridgehead atoms. The van der Waals surface area contributed by atoms with Crippen LogP contribution in [-0.4, -0.2) is 24.2 Å². The number of halogens is 1. The van der Waals surface area contributed by atoms with Crippen molar-refractivity contribution in [3.05, 3.63) is 98.6 Å². The van der Waals surface area contributed by atoms with E-state index in [1.807, 2.05) is 12.1 Å². The van der Waals surface area contributed by atoms with Gasteiger partial charge in [0.05, 0.1) is 18.2 Å². The Hall–Kier alpha value is -3.91. The number of nitrogens with one attached hydrogen (secondary N) is 1. The Labute approximate surface area is 183 Å². The summed E-state index contributed by atoms with van der Waals surface area (Å²) in [5.41, 5.74) is 3.91. The number of nitro groups is 1. The third-order valence-electron chi connectivity index (χ3n) is 4.19. The monoisotopic (exact) mass is 439 g/mol. The molecule has 0 atom stereocenters. The Balaban J connectivity index is 1.67. The molecular weight excluding hydrogens is 422 g/mol. The maximum absolute atomic E-state index is 12.2. The van der Waals surface area contributed by atoms with Crippen molar-refractivity contribution in [1.82, 2.24) is 5.43 Å². The first-order chi connectivity index (χ1) is 15.0. The maximum Gasteiger partial charge on any atom is 0.271 e. The number of hydrogen-bond acceptors (Lipinski definition) is 6. The summed E-state index contributed by atoms with van der Waals surface area (Å²) >= 11 is 5.89. The van der Waals surface area contributed by atoms with E-state index in [1.54, 1.807) is 30.3 Å². The van der Waals surface area contributed by atoms with E-state index in [0.29, 0.717) is 28.7 Å². The fourth-order valence-corrected chi connectivity index (χ4v) is 2.74. The summed E-state index contributed by atoms with van der Waals surface area (Å²) in [6.07, 6.45) is 1.43. The summed E-state index contributed by atoms with van der Waals surface area (Å²) in [7, 11) is 1.54. The number of ether oxygens (including phenoxy) is 2. The Morgan fingerprint density at radius 3 is 2.61 bits per heavy atom. The summed E-state index contributed by atoms with van der Waals surface area (Å²) in [6, 6.07) is 17.9. The van der Waals surface area contributed by atoms with Crippen molar-refractivity contribution in [3.63, 3.8) is 0 Å². The van der Waals surface area contributed by atoms with Gasteiger partial charge in [-0.2, -0.15) is 5.10 Å². The van der Waals surface area contributed by atoms with Crippen LogP contribution >= 0.6 is 11.6 Å². The van der Waals surface area contributed by atoms with Crippen LogP contribution in [0.1, 0.15) is 21.5 Å². The average Bonchev–Trinajstić information content (AvgIpc) is 2.78. The van der Waals surface area contributed by atoms with Gasteiger partial charge in [-0.25, -0.2) is 5.43 Å². The average molecular weight is 440 g/mol. The highest BCUT2D eigenvalue weighted by molar-refractivity contribution is 6.30. The number of benzene rings is 3. The highest BCUT2D eigenvalue weighted by atomic mass is 35.5. The summed E-state index contributed by atoms with van der Waals surface area (Å²) < 4.78 is 11.2. The van der Waals surface area contributed by atoms with Crippen molar-refractivity contribution in [2.24, 2.45) is 5.10 Å². The van der Waals surface area contributed by atoms with E-state index in [9.17, 15) is 14.9 Å². The third-order valence-corrected chi connectivity index (χ3v) is 4.45. The summed E-state index contributed by atoms with van der Waals surface area (Å²) in [5.74, 6) is 0.492. The van der Waals surface area contributed by atoms with E-state index in [2.05, 4.69) is 10.5 Å². The molecule has 0 saturated carbocycles. The topological polar surface area (TPSA) is 103 Å². The number of non-ortho nitro benzene ring substituents is 1. The number of hydrogen-bond donors (Lipinski definition) is 1. The molecule has 0 aliphatic carbocycles. The van der Waals surface area contributed by atoms with Crippen LogP contribution in [0.2, 0.25) is 5.02 Å². The van der Waals surface area contributed by atoms with Crippen molar-refractivity contribution >= 4 is 29.4 Å². The smallest absolute Gasteiger partial charge is 0.271 e. The summed E-state index contributed by atoms with van der Waals surface area (Å²) in [5, 5.41) is 15.4. The molecule has 3 aromatic rings. The van der Waals surface area contributed by atoms with E-state index in [1.165, 1.54) is 37.6 Å². The molecule has 1 amide bonds. The van der Waals surface area contributed by atoms with Gasteiger partial charge in [-0.3, -0.25) is 14.9 Å². The van der Waals surface area contributed by atoms with E-state index in [0.717, 1.165) is 5.56 Å². The van der Waals surface area contributed by atoms with E-state index < -0.39 is 10.8 Å². The molecule has 3 aromatic carbocycles. The molecule has 9 heteroatoms. The molecular formula is C22H18ClN3O5. The Morgan fingerprint density at radius 1 is 1.13 bits per heavy atom. The van der Waals surface area contributed by atoms with Crippen molar-refractivity contribution in [3.8, 4) is 11.5 Å². The number of nitrogens with zero attached hydrogens (tertiary/aromatic N) is 2. The summed E-state index contributed by atoms with van der Waals surface area (Å²) in [4.78, 5) is 22.4. The fourth-order valence-electron chi connectivity index (χ4n) is 2.62. The van der Waals surface area contributed by atoms with Gasteiger partial charge in [-0.05, 0) is 47.5 Å². The van der Waals surface area contributed by atoms with Crippen molar-refractivity contribution in [2.45, 2.75) is 6.61 Å². The quantitative estimate of drug-likeness (QED) is 0.314. The first kappa shape index (κ1) is 21.8. The zero-order valence-corrected chi connectivity index (χ0v) is 17.2. The van der Waals surface area contributed by atoms with Crippen molar-refractivity contribution in [1.29, 1.82) is 0 Å². The van der Waals surface area contributed by atoms with Crippen LogP contribution in [0.15, 0.2) is 71.8 Å². The minimum atomic E-state index is -0.566. The minimum Gasteiger partial charge on any atom is -0.493 e. The van der Waals surface area contributed by atoms with Crippen LogP contribution in [0.25, 0.3) is 0 Å². The largest absolute Gasteiger partial charge is 0.493 e. The van der Waals surface area contributed by atoms with E-state index >= 15 is 0 Å². The molecule has 31 heavy (non-hydrogen) atoms. The SMILES string of the molecule is COc1ccc(C=NNC(=O)c2cccc([N+](=O)[O-])c2)cc1OCc1ccc(Cl)cc1. The predicted molar refractivity (Wildman–Crippen MR) is 117 cm³/mol. The number of carbonyl (C=O) groups excluding carboxylic acids is 1. The number of amides is 1. The number of methoxy groups -OCH3 is 1. The molecule has 0 heterocycles. The lowest BCUT2D eigenvalue weighted by Crippen LogP contribution is -2.17. The number of nitro benzene ring substituents is 1. The highest BCUT2D eigenvalue weighted by Crippen LogP contribution is 2.28. The van der Waals surface area contributed by atoms with Gasteiger partial charge in [0.1, 0.15) is 6.61 Å². The zero-order valence-electron chi connectivity index (χ0n) is 16.4. The zero-order chi connectivity index (χ0) is 22.2. The second kappa shape index (κ2) is 10.2. The number of carbonyl (C=O) groups is 1. The third kappa shape index (κ3) is 6.03. The van der Waals surface area contributed by atoms with Crippen LogP contribution in [0.4, 0.5) is 5.69 Å². The van der Waals surface area contributed by atoms with Gasteiger partial charge in [0.25, 0.3) is 11.6 Å². The van der Waals surface area contributed by atoms with Gasteiger partial charge < -0.3 is 9.47 Å². The van der Waals surface area contributed by atoms with Crippen LogP contribution in [0, 0.1) is 10.1 Å². The van der Waals surface area contributed by atoms with Gasteiger partial charge in [0, 0.05) is 22.7 Å². The predicted octanol–water partition coefficient (Wildman–Crippen LogP) is 4.60. The van der Waals surface area contributed by atoms with E-state index in [-0.39, 0.29) is 11.3 Å². The number of rotatable bonds is 8. The molecule has 0 aliphatic rings. The molecule has 158 valence electrons. The molecule has 1 N–H and O–H groups in total. The molecule has 0 radical (unpaired) electrons. The van der Waals surface area contributed by atoms with Crippen LogP contribution in [0.5, 0.6) is 11.5 Å². The normalized spacial score (nSPS) is 10.6. The fraction of sp³-hybridized carbons (Fsp3) is 0.0909. The van der Waals surface area contributed by atoms with Crippen LogP contribution < -0.4 is 14.9 Å². The van der Waals surface area contributed by atoms with Gasteiger partial charge in [0.2, 0.25) is 0 Å². The molecule has 0 aliphatic heterocycles. The Bertz CT molecular complexity index is 1120. The first-order valence-electron chi connectivity index (χ1n) is 9.09. The Morgan fingerprint density at radius 2 is 1.90 bits per heavy atom. The molecule has 3 rings (SSSR count). The molecule has 0 aromatic heterocycles. The molecule has 0 spiro atoms. The molecule has 0 unspecified atom stereocenters. The first-order valence-corrected chi connectivity index (χ1v) is 9.47. The number of hydrazone groups is 1. The lowest BCUT2D eigenvalue weighted by atomic mass is 10.2. The Kier molecular flexibility index (Phi) is 7.18. The molecule has 0 saturated heterocycles.